The third-order valence-corrected chi connectivity index (χ3v) is 8.28. The van der Waals surface area contributed by atoms with Crippen molar-refractivity contribution in [3.8, 4) is 11.5 Å². The summed E-state index contributed by atoms with van der Waals surface area (Å²) in [6, 6.07) is 13.0. The number of rotatable bonds is 7. The highest BCUT2D eigenvalue weighted by Gasteiger charge is 2.27. The van der Waals surface area contributed by atoms with Gasteiger partial charge in [0.25, 0.3) is 10.0 Å². The van der Waals surface area contributed by atoms with Crippen molar-refractivity contribution in [1.82, 2.24) is 9.29 Å². The number of ether oxygens (including phenoxy) is 1. The van der Waals surface area contributed by atoms with Crippen LogP contribution in [0.1, 0.15) is 6.92 Å². The lowest BCUT2D eigenvalue weighted by molar-refractivity contribution is -0.114. The van der Waals surface area contributed by atoms with Gasteiger partial charge in [-0.05, 0) is 36.4 Å². The van der Waals surface area contributed by atoms with Gasteiger partial charge in [-0.1, -0.05) is 29.0 Å². The average molecular weight is 524 g/mol. The Morgan fingerprint density at radius 1 is 1.00 bits per heavy atom. The summed E-state index contributed by atoms with van der Waals surface area (Å²) in [5.41, 5.74) is 1.10. The molecule has 0 aliphatic carbocycles. The molecule has 34 heavy (non-hydrogen) atoms. The highest BCUT2D eigenvalue weighted by atomic mass is 35.5. The predicted octanol–water partition coefficient (Wildman–Crippen LogP) is 4.47. The van der Waals surface area contributed by atoms with Gasteiger partial charge in [-0.15, -0.1) is 0 Å². The van der Waals surface area contributed by atoms with E-state index >= 15 is 0 Å². The van der Waals surface area contributed by atoms with Gasteiger partial charge in [0, 0.05) is 45.5 Å². The second-order valence-corrected chi connectivity index (χ2v) is 10.9. The van der Waals surface area contributed by atoms with E-state index in [9.17, 15) is 18.0 Å². The molecule has 3 aromatic rings. The summed E-state index contributed by atoms with van der Waals surface area (Å²) in [6.45, 7) is 1.42. The Kier molecular flexibility index (Phi) is 7.77. The van der Waals surface area contributed by atoms with Crippen LogP contribution in [0.2, 0.25) is 5.15 Å². The molecule has 0 saturated carbocycles. The number of hydrogen-bond donors (Lipinski definition) is 2. The monoisotopic (exact) mass is 523 g/mol. The fraction of sp³-hybridized carbons (Fsp3) is 0.190. The Bertz CT molecular complexity index is 1310. The fourth-order valence-electron chi connectivity index (χ4n) is 2.62. The van der Waals surface area contributed by atoms with Gasteiger partial charge in [-0.3, -0.25) is 9.69 Å². The van der Waals surface area contributed by atoms with Crippen molar-refractivity contribution < 1.29 is 22.7 Å². The van der Waals surface area contributed by atoms with Crippen LogP contribution in [0.5, 0.6) is 11.5 Å². The van der Waals surface area contributed by atoms with E-state index in [4.69, 9.17) is 16.3 Å². The molecule has 0 aliphatic rings. The third kappa shape index (κ3) is 6.03. The minimum Gasteiger partial charge on any atom is -0.457 e. The summed E-state index contributed by atoms with van der Waals surface area (Å²) < 4.78 is 31.4. The summed E-state index contributed by atoms with van der Waals surface area (Å²) >= 11 is 6.80. The first kappa shape index (κ1) is 25.4. The first-order valence-electron chi connectivity index (χ1n) is 9.76. The molecule has 1 aromatic heterocycles. The number of carbonyl (C=O) groups is 2. The van der Waals surface area contributed by atoms with Crippen LogP contribution in [-0.4, -0.2) is 50.8 Å². The highest BCUT2D eigenvalue weighted by molar-refractivity contribution is 7.91. The van der Waals surface area contributed by atoms with E-state index in [0.29, 0.717) is 22.9 Å². The zero-order valence-electron chi connectivity index (χ0n) is 18.7. The molecule has 3 rings (SSSR count). The van der Waals surface area contributed by atoms with Gasteiger partial charge in [-0.25, -0.2) is 22.5 Å². The number of benzene rings is 2. The molecule has 0 unspecified atom stereocenters. The molecule has 0 atom stereocenters. The van der Waals surface area contributed by atoms with Crippen LogP contribution in [0.4, 0.5) is 21.3 Å². The van der Waals surface area contributed by atoms with Gasteiger partial charge in [-0.2, -0.15) is 0 Å². The lowest BCUT2D eigenvalue weighted by Crippen LogP contribution is -2.31. The molecular formula is C21H22ClN5O5S2. The lowest BCUT2D eigenvalue weighted by atomic mass is 10.3. The minimum absolute atomic E-state index is 0.127. The van der Waals surface area contributed by atoms with Crippen molar-refractivity contribution in [2.45, 2.75) is 11.1 Å². The second kappa shape index (κ2) is 10.4. The minimum atomic E-state index is -3.78. The zero-order valence-corrected chi connectivity index (χ0v) is 21.1. The van der Waals surface area contributed by atoms with Crippen molar-refractivity contribution in [3.05, 3.63) is 53.7 Å². The van der Waals surface area contributed by atoms with E-state index in [2.05, 4.69) is 15.6 Å². The first-order chi connectivity index (χ1) is 16.0. The maximum absolute atomic E-state index is 12.6. The Morgan fingerprint density at radius 2 is 1.68 bits per heavy atom. The molecule has 0 radical (unpaired) electrons. The topological polar surface area (TPSA) is 121 Å². The Labute approximate surface area is 206 Å². The van der Waals surface area contributed by atoms with Gasteiger partial charge < -0.3 is 15.4 Å². The molecule has 2 N–H and O–H groups in total. The van der Waals surface area contributed by atoms with E-state index in [0.717, 1.165) is 15.6 Å². The van der Waals surface area contributed by atoms with Crippen LogP contribution in [0.3, 0.4) is 0 Å². The SMILES string of the molecule is CC(=O)Nc1cccc(Oc2ccc(NC(=O)N(C)c3nc(Cl)c(S(=O)(=O)N(C)C)s3)cc2)c1. The summed E-state index contributed by atoms with van der Waals surface area (Å²) in [5.74, 6) is 0.876. The number of nitrogens with one attached hydrogen (secondary N) is 2. The van der Waals surface area contributed by atoms with E-state index in [1.165, 1.54) is 33.0 Å². The molecule has 0 saturated heterocycles. The summed E-state index contributed by atoms with van der Waals surface area (Å²) in [7, 11) is 0.442. The molecule has 13 heteroatoms. The number of anilines is 3. The molecule has 0 fully saturated rings. The van der Waals surface area contributed by atoms with Gasteiger partial charge >= 0.3 is 6.03 Å². The van der Waals surface area contributed by atoms with Crippen LogP contribution >= 0.6 is 22.9 Å². The van der Waals surface area contributed by atoms with Gasteiger partial charge in [0.2, 0.25) is 5.91 Å². The molecule has 0 aliphatic heterocycles. The second-order valence-electron chi connectivity index (χ2n) is 7.19. The molecule has 1 heterocycles. The fourth-order valence-corrected chi connectivity index (χ4v) is 5.50. The molecule has 180 valence electrons. The van der Waals surface area contributed by atoms with E-state index < -0.39 is 16.1 Å². The van der Waals surface area contributed by atoms with Crippen LogP contribution in [0, 0.1) is 0 Å². The van der Waals surface area contributed by atoms with Crippen LogP contribution in [-0.2, 0) is 14.8 Å². The number of carbonyl (C=O) groups excluding carboxylic acids is 2. The number of thiazole rings is 1. The molecule has 0 spiro atoms. The quantitative estimate of drug-likeness (QED) is 0.471. The molecule has 10 nitrogen and oxygen atoms in total. The highest BCUT2D eigenvalue weighted by Crippen LogP contribution is 2.34. The lowest BCUT2D eigenvalue weighted by Gasteiger charge is -2.15. The number of halogens is 1. The summed E-state index contributed by atoms with van der Waals surface area (Å²) in [4.78, 5) is 29.0. The Morgan fingerprint density at radius 3 is 2.29 bits per heavy atom. The zero-order chi connectivity index (χ0) is 25.0. The van der Waals surface area contributed by atoms with E-state index in [1.807, 2.05) is 0 Å². The standard InChI is InChI=1S/C21H22ClN5O5S2/c1-13(28)23-15-6-5-7-17(12-15)32-16-10-8-14(9-11-16)24-20(29)27(4)21-25-18(22)19(33-21)34(30,31)26(2)3/h5-12H,1-4H3,(H,23,28)(H,24,29). The largest absolute Gasteiger partial charge is 0.457 e. The van der Waals surface area contributed by atoms with E-state index in [-0.39, 0.29) is 20.4 Å². The van der Waals surface area contributed by atoms with E-state index in [1.54, 1.807) is 48.5 Å². The van der Waals surface area contributed by atoms with Crippen LogP contribution in [0.25, 0.3) is 0 Å². The number of aromatic nitrogens is 1. The predicted molar refractivity (Wildman–Crippen MR) is 133 cm³/mol. The smallest absolute Gasteiger partial charge is 0.327 e. The molecule has 3 amide bonds. The van der Waals surface area contributed by atoms with Crippen LogP contribution in [0.15, 0.2) is 52.7 Å². The number of sulfonamides is 1. The van der Waals surface area contributed by atoms with Crippen molar-refractivity contribution in [2.24, 2.45) is 0 Å². The number of hydrogen-bond acceptors (Lipinski definition) is 7. The van der Waals surface area contributed by atoms with Gasteiger partial charge in [0.1, 0.15) is 11.5 Å². The number of urea groups is 1. The van der Waals surface area contributed by atoms with Crippen molar-refractivity contribution in [1.29, 1.82) is 0 Å². The normalized spacial score (nSPS) is 11.2. The maximum atomic E-state index is 12.6. The van der Waals surface area contributed by atoms with Crippen LogP contribution < -0.4 is 20.3 Å². The summed E-state index contributed by atoms with van der Waals surface area (Å²) in [5, 5.41) is 5.31. The average Bonchev–Trinajstić information content (AvgIpc) is 3.16. The van der Waals surface area contributed by atoms with Gasteiger partial charge in [0.15, 0.2) is 14.5 Å². The van der Waals surface area contributed by atoms with Crippen molar-refractivity contribution >= 4 is 61.4 Å². The number of amides is 3. The Balaban J connectivity index is 1.67. The third-order valence-electron chi connectivity index (χ3n) is 4.35. The molecule has 2 aromatic carbocycles. The summed E-state index contributed by atoms with van der Waals surface area (Å²) in [6.07, 6.45) is 0. The van der Waals surface area contributed by atoms with Crippen molar-refractivity contribution in [3.63, 3.8) is 0 Å². The molecule has 0 bridgehead atoms. The number of nitrogens with zero attached hydrogens (tertiary/aromatic N) is 3. The maximum Gasteiger partial charge on any atom is 0.327 e. The molecular weight excluding hydrogens is 502 g/mol. The first-order valence-corrected chi connectivity index (χ1v) is 12.4. The van der Waals surface area contributed by atoms with Crippen molar-refractivity contribution in [2.75, 3.05) is 36.7 Å². The van der Waals surface area contributed by atoms with Gasteiger partial charge in [0.05, 0.1) is 0 Å². The Hall–Kier alpha value is -3.19.